The third kappa shape index (κ3) is 2.00. The van der Waals surface area contributed by atoms with E-state index in [0.29, 0.717) is 0 Å². The summed E-state index contributed by atoms with van der Waals surface area (Å²) in [7, 11) is 0. The van der Waals surface area contributed by atoms with E-state index >= 15 is 0 Å². The lowest BCUT2D eigenvalue weighted by atomic mass is 9.81. The molecule has 1 aliphatic carbocycles. The molecule has 0 aromatic carbocycles. The highest BCUT2D eigenvalue weighted by atomic mass is 14.2. The first kappa shape index (κ1) is 7.11. The van der Waals surface area contributed by atoms with Crippen molar-refractivity contribution < 1.29 is 0 Å². The van der Waals surface area contributed by atoms with Crippen LogP contribution in [0.3, 0.4) is 0 Å². The molecular formula is C9H17. The van der Waals surface area contributed by atoms with Crippen molar-refractivity contribution in [2.45, 2.75) is 39.5 Å². The molecule has 0 amide bonds. The van der Waals surface area contributed by atoms with Crippen molar-refractivity contribution in [3.63, 3.8) is 0 Å². The highest BCUT2D eigenvalue weighted by molar-refractivity contribution is 4.81. The Balaban J connectivity index is 2.23. The summed E-state index contributed by atoms with van der Waals surface area (Å²) in [6.07, 6.45) is 8.10. The first-order valence-corrected chi connectivity index (χ1v) is 4.16. The summed E-state index contributed by atoms with van der Waals surface area (Å²) in [5.41, 5.74) is 0. The first-order valence-electron chi connectivity index (χ1n) is 4.16. The van der Waals surface area contributed by atoms with Crippen LogP contribution in [0.5, 0.6) is 0 Å². The van der Waals surface area contributed by atoms with E-state index in [1.807, 2.05) is 0 Å². The Kier molecular flexibility index (Phi) is 2.56. The van der Waals surface area contributed by atoms with Crippen LogP contribution in [0.1, 0.15) is 39.5 Å². The minimum absolute atomic E-state index is 0.892. The highest BCUT2D eigenvalue weighted by Crippen LogP contribution is 2.29. The van der Waals surface area contributed by atoms with Gasteiger partial charge in [0, 0.05) is 0 Å². The van der Waals surface area contributed by atoms with Crippen molar-refractivity contribution in [2.75, 3.05) is 0 Å². The largest absolute Gasteiger partial charge is 0.0651 e. The average Bonchev–Trinajstić information content (AvgIpc) is 1.88. The monoisotopic (exact) mass is 125 g/mol. The third-order valence-corrected chi connectivity index (χ3v) is 2.43. The molecule has 53 valence electrons. The lowest BCUT2D eigenvalue weighted by Crippen LogP contribution is -2.12. The molecule has 0 heteroatoms. The standard InChI is InChI=1S/C9H17/c1-3-9-6-4-5-8(2)7-9/h5,8-9H,3-4,6-7H2,1-2H3. The maximum atomic E-state index is 2.46. The number of hydrogen-bond acceptors (Lipinski definition) is 0. The second kappa shape index (κ2) is 3.24. The van der Waals surface area contributed by atoms with Gasteiger partial charge in [-0.1, -0.05) is 26.7 Å². The van der Waals surface area contributed by atoms with Gasteiger partial charge in [-0.25, -0.2) is 0 Å². The molecule has 0 nitrogen and oxygen atoms in total. The average molecular weight is 125 g/mol. The van der Waals surface area contributed by atoms with Crippen LogP contribution in [0, 0.1) is 18.3 Å². The Morgan fingerprint density at radius 3 is 2.78 bits per heavy atom. The van der Waals surface area contributed by atoms with E-state index in [2.05, 4.69) is 20.3 Å². The molecule has 1 fully saturated rings. The van der Waals surface area contributed by atoms with Crippen LogP contribution in [-0.4, -0.2) is 0 Å². The third-order valence-electron chi connectivity index (χ3n) is 2.43. The quantitative estimate of drug-likeness (QED) is 0.505. The molecule has 0 aromatic heterocycles. The molecule has 0 bridgehead atoms. The summed E-state index contributed by atoms with van der Waals surface area (Å²) >= 11 is 0. The lowest BCUT2D eigenvalue weighted by Gasteiger charge is -2.24. The maximum absolute atomic E-state index is 2.46. The Morgan fingerprint density at radius 1 is 1.56 bits per heavy atom. The molecule has 0 spiro atoms. The minimum atomic E-state index is 0.892. The zero-order valence-electron chi connectivity index (χ0n) is 6.56. The Morgan fingerprint density at radius 2 is 2.33 bits per heavy atom. The van der Waals surface area contributed by atoms with E-state index in [-0.39, 0.29) is 0 Å². The summed E-state index contributed by atoms with van der Waals surface area (Å²) in [5.74, 6) is 1.92. The van der Waals surface area contributed by atoms with Crippen molar-refractivity contribution in [3.8, 4) is 0 Å². The van der Waals surface area contributed by atoms with Gasteiger partial charge in [0.25, 0.3) is 0 Å². The molecule has 2 unspecified atom stereocenters. The van der Waals surface area contributed by atoms with Gasteiger partial charge in [-0.2, -0.15) is 0 Å². The molecule has 0 aliphatic heterocycles. The summed E-state index contributed by atoms with van der Waals surface area (Å²) in [5, 5.41) is 0. The van der Waals surface area contributed by atoms with E-state index in [0.717, 1.165) is 11.8 Å². The topological polar surface area (TPSA) is 0 Å². The molecule has 1 rings (SSSR count). The number of rotatable bonds is 1. The van der Waals surface area contributed by atoms with Crippen molar-refractivity contribution in [1.29, 1.82) is 0 Å². The molecule has 0 aromatic rings. The van der Waals surface area contributed by atoms with Gasteiger partial charge in [-0.3, -0.25) is 0 Å². The SMILES string of the molecule is CCC1CC[CH]C(C)C1. The van der Waals surface area contributed by atoms with Crippen molar-refractivity contribution in [3.05, 3.63) is 6.42 Å². The van der Waals surface area contributed by atoms with Crippen molar-refractivity contribution in [2.24, 2.45) is 11.8 Å². The smallest absolute Gasteiger partial charge is 0.0357 e. The van der Waals surface area contributed by atoms with Crippen LogP contribution in [0.15, 0.2) is 0 Å². The zero-order valence-corrected chi connectivity index (χ0v) is 6.56. The zero-order chi connectivity index (χ0) is 6.69. The maximum Gasteiger partial charge on any atom is -0.0357 e. The van der Waals surface area contributed by atoms with E-state index in [4.69, 9.17) is 0 Å². The van der Waals surface area contributed by atoms with Gasteiger partial charge in [0.05, 0.1) is 0 Å². The Bertz CT molecular complexity index is 76.1. The molecule has 0 heterocycles. The van der Waals surface area contributed by atoms with Crippen LogP contribution < -0.4 is 0 Å². The molecule has 2 atom stereocenters. The van der Waals surface area contributed by atoms with Crippen molar-refractivity contribution >= 4 is 0 Å². The first-order chi connectivity index (χ1) is 4.33. The van der Waals surface area contributed by atoms with Gasteiger partial charge in [-0.15, -0.1) is 0 Å². The van der Waals surface area contributed by atoms with Gasteiger partial charge in [0.2, 0.25) is 0 Å². The van der Waals surface area contributed by atoms with Gasteiger partial charge < -0.3 is 0 Å². The van der Waals surface area contributed by atoms with Crippen LogP contribution in [-0.2, 0) is 0 Å². The second-order valence-corrected chi connectivity index (χ2v) is 3.30. The second-order valence-electron chi connectivity index (χ2n) is 3.30. The van der Waals surface area contributed by atoms with Gasteiger partial charge in [0.15, 0.2) is 0 Å². The molecule has 1 aliphatic rings. The van der Waals surface area contributed by atoms with Crippen molar-refractivity contribution in [1.82, 2.24) is 0 Å². The predicted octanol–water partition coefficient (Wildman–Crippen LogP) is 3.04. The van der Waals surface area contributed by atoms with Crippen LogP contribution in [0.2, 0.25) is 0 Å². The van der Waals surface area contributed by atoms with E-state index < -0.39 is 0 Å². The Hall–Kier alpha value is 0. The molecular weight excluding hydrogens is 108 g/mol. The summed E-state index contributed by atoms with van der Waals surface area (Å²) in [4.78, 5) is 0. The molecule has 9 heavy (non-hydrogen) atoms. The minimum Gasteiger partial charge on any atom is -0.0651 e. The van der Waals surface area contributed by atoms with Gasteiger partial charge >= 0.3 is 0 Å². The summed E-state index contributed by atoms with van der Waals surface area (Å²) < 4.78 is 0. The summed E-state index contributed by atoms with van der Waals surface area (Å²) in [6.45, 7) is 4.64. The van der Waals surface area contributed by atoms with Crippen LogP contribution in [0.25, 0.3) is 0 Å². The fraction of sp³-hybridized carbons (Fsp3) is 0.889. The fourth-order valence-corrected chi connectivity index (χ4v) is 1.73. The normalized spacial score (nSPS) is 36.7. The van der Waals surface area contributed by atoms with E-state index in [1.54, 1.807) is 0 Å². The van der Waals surface area contributed by atoms with E-state index in [1.165, 1.54) is 25.7 Å². The summed E-state index contributed by atoms with van der Waals surface area (Å²) in [6, 6.07) is 0. The van der Waals surface area contributed by atoms with Gasteiger partial charge in [-0.05, 0) is 31.1 Å². The predicted molar refractivity (Wildman–Crippen MR) is 41.1 cm³/mol. The number of hydrogen-bond donors (Lipinski definition) is 0. The highest BCUT2D eigenvalue weighted by Gasteiger charge is 2.16. The fourth-order valence-electron chi connectivity index (χ4n) is 1.73. The molecule has 0 N–H and O–H groups in total. The molecule has 0 saturated heterocycles. The Labute approximate surface area is 58.7 Å². The van der Waals surface area contributed by atoms with Gasteiger partial charge in [0.1, 0.15) is 0 Å². The van der Waals surface area contributed by atoms with Crippen LogP contribution >= 0.6 is 0 Å². The van der Waals surface area contributed by atoms with Crippen LogP contribution in [0.4, 0.5) is 0 Å². The molecule has 1 radical (unpaired) electrons. The lowest BCUT2D eigenvalue weighted by molar-refractivity contribution is 0.332. The van der Waals surface area contributed by atoms with E-state index in [9.17, 15) is 0 Å². The molecule has 1 saturated carbocycles.